The molecule has 32 heavy (non-hydrogen) atoms. The molecule has 0 bridgehead atoms. The number of nitrogens with zero attached hydrogens (tertiary/aromatic N) is 3. The van der Waals surface area contributed by atoms with E-state index in [0.717, 1.165) is 77.0 Å². The van der Waals surface area contributed by atoms with Crippen LogP contribution in [0, 0.1) is 0 Å². The van der Waals surface area contributed by atoms with Crippen LogP contribution in [0.4, 0.5) is 0 Å². The van der Waals surface area contributed by atoms with E-state index in [2.05, 4.69) is 44.4 Å². The number of para-hydroxylation sites is 1. The Hall–Kier alpha value is -1.84. The highest BCUT2D eigenvalue weighted by Crippen LogP contribution is 2.19. The van der Waals surface area contributed by atoms with Crippen LogP contribution in [0.2, 0.25) is 0 Å². The molecule has 6 nitrogen and oxygen atoms in total. The van der Waals surface area contributed by atoms with Crippen LogP contribution < -0.4 is 10.1 Å². The average molecular weight is 550 g/mol. The molecule has 0 radical (unpaired) electrons. The highest BCUT2D eigenvalue weighted by atomic mass is 127. The lowest BCUT2D eigenvalue weighted by atomic mass is 10.1. The minimum absolute atomic E-state index is 0. The molecule has 2 saturated heterocycles. The van der Waals surface area contributed by atoms with E-state index in [0.29, 0.717) is 0 Å². The Morgan fingerprint density at radius 2 is 1.62 bits per heavy atom. The highest BCUT2D eigenvalue weighted by molar-refractivity contribution is 14.0. The van der Waals surface area contributed by atoms with Crippen LogP contribution in [-0.2, 0) is 17.8 Å². The fraction of sp³-hybridized carbons (Fsp3) is 0.480. The summed E-state index contributed by atoms with van der Waals surface area (Å²) < 4.78 is 11.5. The summed E-state index contributed by atoms with van der Waals surface area (Å²) in [6, 6.07) is 19.0. The van der Waals surface area contributed by atoms with Gasteiger partial charge >= 0.3 is 0 Å². The molecule has 2 aliphatic heterocycles. The molecular formula is C25H35IN4O2. The topological polar surface area (TPSA) is 49.3 Å². The number of piperidine rings is 1. The molecule has 0 unspecified atom stereocenters. The number of likely N-dealkylation sites (tertiary alicyclic amines) is 1. The number of hydrogen-bond donors (Lipinski definition) is 1. The summed E-state index contributed by atoms with van der Waals surface area (Å²) in [7, 11) is 1.86. The highest BCUT2D eigenvalue weighted by Gasteiger charge is 2.22. The summed E-state index contributed by atoms with van der Waals surface area (Å²) in [5.41, 5.74) is 2.63. The Morgan fingerprint density at radius 1 is 0.969 bits per heavy atom. The van der Waals surface area contributed by atoms with Crippen molar-refractivity contribution in [1.82, 2.24) is 15.1 Å². The minimum atomic E-state index is 0. The van der Waals surface area contributed by atoms with Gasteiger partial charge in [-0.05, 0) is 23.3 Å². The summed E-state index contributed by atoms with van der Waals surface area (Å²) >= 11 is 0. The standard InChI is InChI=1S/C25H34N4O2.HI/c1-26-25(29-13-11-24(12-14-29)31-23-5-3-2-4-6-23)27-19-21-7-9-22(10-8-21)20-28-15-17-30-18-16-28;/h2-10,24H,11-20H2,1H3,(H,26,27);1H. The summed E-state index contributed by atoms with van der Waals surface area (Å²) in [5, 5.41) is 3.53. The van der Waals surface area contributed by atoms with E-state index in [1.54, 1.807) is 0 Å². The third kappa shape index (κ3) is 7.35. The molecule has 2 aromatic rings. The number of halogens is 1. The first-order valence-electron chi connectivity index (χ1n) is 11.4. The van der Waals surface area contributed by atoms with Gasteiger partial charge in [-0.2, -0.15) is 0 Å². The van der Waals surface area contributed by atoms with Crippen molar-refractivity contribution in [3.05, 3.63) is 65.7 Å². The van der Waals surface area contributed by atoms with Gasteiger partial charge in [0.25, 0.3) is 0 Å². The molecule has 2 aromatic carbocycles. The first-order valence-corrected chi connectivity index (χ1v) is 11.4. The van der Waals surface area contributed by atoms with Crippen LogP contribution in [0.3, 0.4) is 0 Å². The van der Waals surface area contributed by atoms with E-state index in [9.17, 15) is 0 Å². The SMILES string of the molecule is CN=C(NCc1ccc(CN2CCOCC2)cc1)N1CCC(Oc2ccccc2)CC1.I. The second-order valence-electron chi connectivity index (χ2n) is 8.22. The lowest BCUT2D eigenvalue weighted by molar-refractivity contribution is 0.0342. The number of benzene rings is 2. The van der Waals surface area contributed by atoms with Crippen LogP contribution in [-0.4, -0.2) is 68.3 Å². The molecule has 0 aliphatic carbocycles. The zero-order valence-corrected chi connectivity index (χ0v) is 21.2. The van der Waals surface area contributed by atoms with Crippen molar-refractivity contribution < 1.29 is 9.47 Å². The number of ether oxygens (including phenoxy) is 2. The molecular weight excluding hydrogens is 515 g/mol. The van der Waals surface area contributed by atoms with Gasteiger partial charge in [-0.15, -0.1) is 24.0 Å². The predicted molar refractivity (Wildman–Crippen MR) is 140 cm³/mol. The van der Waals surface area contributed by atoms with Crippen molar-refractivity contribution in [3.63, 3.8) is 0 Å². The van der Waals surface area contributed by atoms with Crippen molar-refractivity contribution >= 4 is 29.9 Å². The maximum Gasteiger partial charge on any atom is 0.193 e. The van der Waals surface area contributed by atoms with Crippen molar-refractivity contribution in [2.75, 3.05) is 46.4 Å². The van der Waals surface area contributed by atoms with Crippen molar-refractivity contribution in [2.24, 2.45) is 4.99 Å². The lowest BCUT2D eigenvalue weighted by Crippen LogP contribution is -2.47. The maximum absolute atomic E-state index is 6.11. The van der Waals surface area contributed by atoms with E-state index in [4.69, 9.17) is 9.47 Å². The van der Waals surface area contributed by atoms with Crippen LogP contribution >= 0.6 is 24.0 Å². The number of hydrogen-bond acceptors (Lipinski definition) is 4. The van der Waals surface area contributed by atoms with Crippen LogP contribution in [0.25, 0.3) is 0 Å². The smallest absolute Gasteiger partial charge is 0.193 e. The van der Waals surface area contributed by atoms with Crippen molar-refractivity contribution in [2.45, 2.75) is 32.0 Å². The summed E-state index contributed by atoms with van der Waals surface area (Å²) in [4.78, 5) is 9.28. The fourth-order valence-corrected chi connectivity index (χ4v) is 4.17. The largest absolute Gasteiger partial charge is 0.490 e. The maximum atomic E-state index is 6.11. The van der Waals surface area contributed by atoms with E-state index in [1.807, 2.05) is 37.4 Å². The molecule has 2 heterocycles. The molecule has 7 heteroatoms. The second-order valence-corrected chi connectivity index (χ2v) is 8.22. The number of guanidine groups is 1. The van der Waals surface area contributed by atoms with E-state index >= 15 is 0 Å². The quantitative estimate of drug-likeness (QED) is 0.338. The Morgan fingerprint density at radius 3 is 2.28 bits per heavy atom. The number of nitrogens with one attached hydrogen (secondary N) is 1. The van der Waals surface area contributed by atoms with E-state index in [-0.39, 0.29) is 30.1 Å². The zero-order chi connectivity index (χ0) is 21.3. The molecule has 0 aromatic heterocycles. The van der Waals surface area contributed by atoms with Gasteiger partial charge in [0.2, 0.25) is 0 Å². The minimum Gasteiger partial charge on any atom is -0.490 e. The first kappa shape index (κ1) is 24.8. The average Bonchev–Trinajstić information content (AvgIpc) is 2.83. The summed E-state index contributed by atoms with van der Waals surface area (Å²) in [6.07, 6.45) is 2.29. The van der Waals surface area contributed by atoms with Gasteiger partial charge < -0.3 is 19.7 Å². The van der Waals surface area contributed by atoms with Gasteiger partial charge in [-0.1, -0.05) is 42.5 Å². The first-order chi connectivity index (χ1) is 15.3. The Bertz CT molecular complexity index is 818. The zero-order valence-electron chi connectivity index (χ0n) is 18.9. The third-order valence-electron chi connectivity index (χ3n) is 5.98. The van der Waals surface area contributed by atoms with Gasteiger partial charge in [0.15, 0.2) is 5.96 Å². The number of morpholine rings is 1. The predicted octanol–water partition coefficient (Wildman–Crippen LogP) is 3.76. The molecule has 174 valence electrons. The number of aliphatic imine (C=N–C) groups is 1. The molecule has 0 atom stereocenters. The molecule has 4 rings (SSSR count). The summed E-state index contributed by atoms with van der Waals surface area (Å²) in [6.45, 7) is 7.42. The molecule has 0 spiro atoms. The summed E-state index contributed by atoms with van der Waals surface area (Å²) in [5.74, 6) is 1.93. The molecule has 1 N–H and O–H groups in total. The molecule has 0 saturated carbocycles. The number of rotatable bonds is 6. The van der Waals surface area contributed by atoms with E-state index in [1.165, 1.54) is 11.1 Å². The Balaban J connectivity index is 0.00000289. The molecule has 2 fully saturated rings. The Labute approximate surface area is 209 Å². The van der Waals surface area contributed by atoms with E-state index < -0.39 is 0 Å². The van der Waals surface area contributed by atoms with Gasteiger partial charge in [-0.25, -0.2) is 0 Å². The Kier molecular flexibility index (Phi) is 10.1. The van der Waals surface area contributed by atoms with Gasteiger partial charge in [0, 0.05) is 59.2 Å². The van der Waals surface area contributed by atoms with Gasteiger partial charge in [0.1, 0.15) is 11.9 Å². The normalized spacial score (nSPS) is 18.2. The second kappa shape index (κ2) is 13.0. The third-order valence-corrected chi connectivity index (χ3v) is 5.98. The van der Waals surface area contributed by atoms with Crippen LogP contribution in [0.15, 0.2) is 59.6 Å². The molecule has 0 amide bonds. The monoisotopic (exact) mass is 550 g/mol. The fourth-order valence-electron chi connectivity index (χ4n) is 4.17. The van der Waals surface area contributed by atoms with Gasteiger partial charge in [0.05, 0.1) is 13.2 Å². The molecule has 2 aliphatic rings. The van der Waals surface area contributed by atoms with Crippen molar-refractivity contribution in [1.29, 1.82) is 0 Å². The van der Waals surface area contributed by atoms with Crippen molar-refractivity contribution in [3.8, 4) is 5.75 Å². The van der Waals surface area contributed by atoms with Gasteiger partial charge in [-0.3, -0.25) is 9.89 Å². The van der Waals surface area contributed by atoms with Crippen LogP contribution in [0.5, 0.6) is 5.75 Å². The van der Waals surface area contributed by atoms with Crippen LogP contribution in [0.1, 0.15) is 24.0 Å². The lowest BCUT2D eigenvalue weighted by Gasteiger charge is -2.34.